The summed E-state index contributed by atoms with van der Waals surface area (Å²) in [6, 6.07) is 5.58. The molecule has 1 spiro atoms. The molecule has 4 nitrogen and oxygen atoms in total. The van der Waals surface area contributed by atoms with E-state index in [4.69, 9.17) is 5.21 Å². The molecule has 3 fully saturated rings. The number of rotatable bonds is 5. The minimum absolute atomic E-state index is 0.443. The molecule has 1 aromatic rings. The van der Waals surface area contributed by atoms with E-state index in [-0.39, 0.29) is 0 Å². The van der Waals surface area contributed by atoms with Gasteiger partial charge in [0.25, 0.3) is 5.91 Å². The third-order valence-electron chi connectivity index (χ3n) is 6.81. The smallest absolute Gasteiger partial charge is 0.274 e. The number of aryl methyl sites for hydroxylation is 1. The quantitative estimate of drug-likeness (QED) is 0.573. The first-order valence-corrected chi connectivity index (χ1v) is 9.18. The molecule has 4 unspecified atom stereocenters. The zero-order valence-corrected chi connectivity index (χ0v) is 14.7. The number of amides is 1. The molecule has 1 aromatic carbocycles. The van der Waals surface area contributed by atoms with Crippen molar-refractivity contribution >= 4 is 5.91 Å². The number of carbonyl (C=O) groups excluding carboxylic acids is 1. The van der Waals surface area contributed by atoms with Crippen LogP contribution in [-0.4, -0.2) is 17.7 Å². The van der Waals surface area contributed by atoms with Crippen LogP contribution in [0.2, 0.25) is 0 Å². The summed E-state index contributed by atoms with van der Waals surface area (Å²) < 4.78 is 0. The number of nitrogens with one attached hydrogen (secondary N) is 2. The fourth-order valence-corrected chi connectivity index (χ4v) is 5.87. The van der Waals surface area contributed by atoms with Gasteiger partial charge >= 0.3 is 0 Å². The van der Waals surface area contributed by atoms with Crippen LogP contribution in [-0.2, 0) is 6.54 Å². The Kier molecular flexibility index (Phi) is 3.73. The molecule has 2 bridgehead atoms. The molecule has 4 heteroatoms. The Labute approximate surface area is 144 Å². The highest BCUT2D eigenvalue weighted by atomic mass is 16.5. The fraction of sp³-hybridized carbons (Fsp3) is 0.650. The van der Waals surface area contributed by atoms with Crippen LogP contribution in [0.4, 0.5) is 0 Å². The van der Waals surface area contributed by atoms with Crippen LogP contribution in [0, 0.1) is 29.6 Å². The third kappa shape index (κ3) is 2.76. The number of fused-ring (bicyclic) bond motifs is 1. The molecule has 4 atom stereocenters. The lowest BCUT2D eigenvalue weighted by Crippen LogP contribution is -2.38. The summed E-state index contributed by atoms with van der Waals surface area (Å²) in [6.07, 6.45) is 7.27. The van der Waals surface area contributed by atoms with Crippen molar-refractivity contribution in [1.82, 2.24) is 10.8 Å². The van der Waals surface area contributed by atoms with Gasteiger partial charge in [-0.3, -0.25) is 10.0 Å². The summed E-state index contributed by atoms with van der Waals surface area (Å²) in [5, 5.41) is 12.4. The van der Waals surface area contributed by atoms with Gasteiger partial charge in [-0.25, -0.2) is 5.48 Å². The number of benzene rings is 1. The second kappa shape index (κ2) is 5.57. The van der Waals surface area contributed by atoms with E-state index in [1.807, 2.05) is 19.1 Å². The van der Waals surface area contributed by atoms with Crippen molar-refractivity contribution in [1.29, 1.82) is 0 Å². The van der Waals surface area contributed by atoms with Crippen LogP contribution >= 0.6 is 0 Å². The Morgan fingerprint density at radius 2 is 2.17 bits per heavy atom. The minimum atomic E-state index is -0.457. The van der Waals surface area contributed by atoms with Crippen molar-refractivity contribution in [3.63, 3.8) is 0 Å². The molecule has 3 saturated carbocycles. The van der Waals surface area contributed by atoms with Crippen molar-refractivity contribution in [3.05, 3.63) is 34.9 Å². The number of hydroxylamine groups is 1. The monoisotopic (exact) mass is 328 g/mol. The van der Waals surface area contributed by atoms with E-state index in [0.29, 0.717) is 11.0 Å². The SMILES string of the molecule is Cc1cc(C(=O)NO)ccc1CNCC1(C)CC2CC3CC3(C2)C1. The van der Waals surface area contributed by atoms with Crippen LogP contribution in [0.25, 0.3) is 0 Å². The molecule has 3 aliphatic rings. The molecule has 3 aliphatic carbocycles. The molecule has 1 amide bonds. The zero-order chi connectivity index (χ0) is 16.9. The maximum absolute atomic E-state index is 11.5. The van der Waals surface area contributed by atoms with Gasteiger partial charge in [0.05, 0.1) is 0 Å². The predicted molar refractivity (Wildman–Crippen MR) is 92.7 cm³/mol. The molecule has 130 valence electrons. The van der Waals surface area contributed by atoms with E-state index in [0.717, 1.165) is 35.9 Å². The third-order valence-corrected chi connectivity index (χ3v) is 6.81. The van der Waals surface area contributed by atoms with Crippen LogP contribution in [0.1, 0.15) is 60.5 Å². The van der Waals surface area contributed by atoms with E-state index in [1.54, 1.807) is 11.5 Å². The Morgan fingerprint density at radius 3 is 2.88 bits per heavy atom. The van der Waals surface area contributed by atoms with Crippen LogP contribution < -0.4 is 10.8 Å². The Bertz CT molecular complexity index is 674. The predicted octanol–water partition coefficient (Wildman–Crippen LogP) is 3.42. The summed E-state index contributed by atoms with van der Waals surface area (Å²) in [4.78, 5) is 11.5. The first kappa shape index (κ1) is 16.1. The van der Waals surface area contributed by atoms with Crippen LogP contribution in [0.3, 0.4) is 0 Å². The number of hydrogen-bond donors (Lipinski definition) is 3. The molecular weight excluding hydrogens is 300 g/mol. The Balaban J connectivity index is 1.35. The van der Waals surface area contributed by atoms with Gasteiger partial charge in [-0.1, -0.05) is 13.0 Å². The van der Waals surface area contributed by atoms with E-state index in [9.17, 15) is 4.79 Å². The largest absolute Gasteiger partial charge is 0.312 e. The lowest BCUT2D eigenvalue weighted by atomic mass is 9.67. The van der Waals surface area contributed by atoms with Gasteiger partial charge in [-0.2, -0.15) is 0 Å². The van der Waals surface area contributed by atoms with Gasteiger partial charge in [-0.05, 0) is 85.0 Å². The minimum Gasteiger partial charge on any atom is -0.312 e. The van der Waals surface area contributed by atoms with Gasteiger partial charge < -0.3 is 5.32 Å². The highest BCUT2D eigenvalue weighted by Crippen LogP contribution is 2.73. The zero-order valence-electron chi connectivity index (χ0n) is 14.7. The van der Waals surface area contributed by atoms with Gasteiger partial charge in [0.1, 0.15) is 0 Å². The summed E-state index contributed by atoms with van der Waals surface area (Å²) >= 11 is 0. The molecule has 4 rings (SSSR count). The lowest BCUT2D eigenvalue weighted by Gasteiger charge is -2.40. The lowest BCUT2D eigenvalue weighted by molar-refractivity contribution is 0.0706. The topological polar surface area (TPSA) is 61.4 Å². The molecule has 0 aliphatic heterocycles. The van der Waals surface area contributed by atoms with Crippen molar-refractivity contribution in [3.8, 4) is 0 Å². The van der Waals surface area contributed by atoms with Crippen molar-refractivity contribution < 1.29 is 10.0 Å². The summed E-state index contributed by atoms with van der Waals surface area (Å²) in [5.41, 5.74) is 5.65. The number of hydrogen-bond acceptors (Lipinski definition) is 3. The molecule has 0 radical (unpaired) electrons. The number of carbonyl (C=O) groups is 1. The van der Waals surface area contributed by atoms with Crippen molar-refractivity contribution in [2.24, 2.45) is 22.7 Å². The second-order valence-electron chi connectivity index (χ2n) is 8.95. The average molecular weight is 328 g/mol. The average Bonchev–Trinajstić information content (AvgIpc) is 3.08. The molecular formula is C20H28N2O2. The van der Waals surface area contributed by atoms with Crippen molar-refractivity contribution in [2.45, 2.75) is 52.5 Å². The highest BCUT2D eigenvalue weighted by molar-refractivity contribution is 5.93. The maximum atomic E-state index is 11.5. The van der Waals surface area contributed by atoms with E-state index in [2.05, 4.69) is 12.2 Å². The first-order chi connectivity index (χ1) is 11.4. The standard InChI is InChI=1S/C20H28N2O2/c1-13-5-15(18(23)22-24)3-4-16(13)10-21-12-19(2)7-14-6-17-9-20(17,8-14)11-19/h3-5,14,17,21,24H,6-12H2,1-2H3,(H,22,23). The van der Waals surface area contributed by atoms with Crippen LogP contribution in [0.5, 0.6) is 0 Å². The highest BCUT2D eigenvalue weighted by Gasteiger charge is 2.64. The molecule has 24 heavy (non-hydrogen) atoms. The summed E-state index contributed by atoms with van der Waals surface area (Å²) in [7, 11) is 0. The van der Waals surface area contributed by atoms with Gasteiger partial charge in [0.2, 0.25) is 0 Å². The molecule has 0 aromatic heterocycles. The van der Waals surface area contributed by atoms with Gasteiger partial charge in [0.15, 0.2) is 0 Å². The molecule has 3 N–H and O–H groups in total. The molecule has 0 saturated heterocycles. The van der Waals surface area contributed by atoms with E-state index >= 15 is 0 Å². The molecule has 0 heterocycles. The summed E-state index contributed by atoms with van der Waals surface area (Å²) in [5.74, 6) is 1.57. The Hall–Kier alpha value is -1.39. The van der Waals surface area contributed by atoms with Crippen molar-refractivity contribution in [2.75, 3.05) is 6.54 Å². The van der Waals surface area contributed by atoms with Gasteiger partial charge in [0, 0.05) is 18.7 Å². The van der Waals surface area contributed by atoms with E-state index in [1.165, 1.54) is 37.7 Å². The Morgan fingerprint density at radius 1 is 1.33 bits per heavy atom. The fourth-order valence-electron chi connectivity index (χ4n) is 5.87. The van der Waals surface area contributed by atoms with Crippen LogP contribution in [0.15, 0.2) is 18.2 Å². The normalized spacial score (nSPS) is 36.3. The second-order valence-corrected chi connectivity index (χ2v) is 8.95. The first-order valence-electron chi connectivity index (χ1n) is 9.18. The van der Waals surface area contributed by atoms with Gasteiger partial charge in [-0.15, -0.1) is 0 Å². The maximum Gasteiger partial charge on any atom is 0.274 e. The van der Waals surface area contributed by atoms with E-state index < -0.39 is 5.91 Å². The summed E-state index contributed by atoms with van der Waals surface area (Å²) in [6.45, 7) is 6.40.